The number of carbonyl (C=O) groups is 4. The number of fused-ring (bicyclic) bond motifs is 1. The Bertz CT molecular complexity index is 1110. The SMILES string of the molecule is C[C@H]1C(S[C@@H]2CN[C@H](C(=O)Nc3cccc(C(=O)O)c3)C2)=C(C(=O)O)N2C(=O)C(O)([C@@H](C)O)[C@@H]12. The maximum atomic E-state index is 12.7. The summed E-state index contributed by atoms with van der Waals surface area (Å²) < 4.78 is 0. The van der Waals surface area contributed by atoms with Crippen LogP contribution in [0, 0.1) is 5.92 Å². The fraction of sp³-hybridized carbons (Fsp3) is 0.455. The van der Waals surface area contributed by atoms with Gasteiger partial charge in [-0.05, 0) is 31.5 Å². The van der Waals surface area contributed by atoms with Gasteiger partial charge in [-0.2, -0.15) is 0 Å². The molecule has 12 heteroatoms. The quantitative estimate of drug-likeness (QED) is 0.286. The predicted molar refractivity (Wildman–Crippen MR) is 121 cm³/mol. The van der Waals surface area contributed by atoms with Crippen LogP contribution in [0.25, 0.3) is 0 Å². The van der Waals surface area contributed by atoms with E-state index in [4.69, 9.17) is 5.11 Å². The fourth-order valence-corrected chi connectivity index (χ4v) is 6.30. The summed E-state index contributed by atoms with van der Waals surface area (Å²) in [5.41, 5.74) is -1.84. The number of carboxylic acids is 2. The Kier molecular flexibility index (Phi) is 6.19. The molecule has 1 aromatic rings. The molecule has 6 N–H and O–H groups in total. The first-order valence-corrected chi connectivity index (χ1v) is 11.6. The summed E-state index contributed by atoms with van der Waals surface area (Å²) in [6.07, 6.45) is -0.985. The van der Waals surface area contributed by atoms with Crippen LogP contribution in [-0.4, -0.2) is 84.7 Å². The van der Waals surface area contributed by atoms with E-state index < -0.39 is 47.6 Å². The number of amides is 2. The number of thioether (sulfide) groups is 1. The number of nitrogens with zero attached hydrogens (tertiary/aromatic N) is 1. The first-order chi connectivity index (χ1) is 16.0. The lowest BCUT2D eigenvalue weighted by atomic mass is 9.74. The van der Waals surface area contributed by atoms with Gasteiger partial charge in [0.15, 0.2) is 5.60 Å². The van der Waals surface area contributed by atoms with Crippen molar-refractivity contribution in [2.75, 3.05) is 11.9 Å². The van der Waals surface area contributed by atoms with Gasteiger partial charge in [0.25, 0.3) is 5.91 Å². The van der Waals surface area contributed by atoms with Crippen LogP contribution in [0.3, 0.4) is 0 Å². The second-order valence-corrected chi connectivity index (χ2v) is 10.1. The average Bonchev–Trinajstić information content (AvgIpc) is 3.35. The van der Waals surface area contributed by atoms with Crippen molar-refractivity contribution in [3.63, 3.8) is 0 Å². The number of benzene rings is 1. The molecule has 11 nitrogen and oxygen atoms in total. The zero-order valence-electron chi connectivity index (χ0n) is 18.4. The molecule has 4 rings (SSSR count). The van der Waals surface area contributed by atoms with Crippen molar-refractivity contribution in [1.82, 2.24) is 10.2 Å². The Labute approximate surface area is 198 Å². The minimum Gasteiger partial charge on any atom is -0.478 e. The lowest BCUT2D eigenvalue weighted by molar-refractivity contribution is -0.208. The molecule has 2 amide bonds. The van der Waals surface area contributed by atoms with Crippen molar-refractivity contribution >= 4 is 41.2 Å². The maximum absolute atomic E-state index is 12.7. The molecule has 1 aromatic carbocycles. The zero-order chi connectivity index (χ0) is 24.9. The maximum Gasteiger partial charge on any atom is 0.353 e. The molecule has 2 fully saturated rings. The molecule has 3 aliphatic heterocycles. The number of aliphatic carboxylic acids is 1. The van der Waals surface area contributed by atoms with Crippen molar-refractivity contribution in [2.45, 2.75) is 49.3 Å². The minimum absolute atomic E-state index is 0.0466. The number of β-lactam (4-membered cyclic amide) rings is 1. The number of carboxylic acid groups (broad SMARTS) is 2. The van der Waals surface area contributed by atoms with Crippen molar-refractivity contribution in [3.8, 4) is 0 Å². The summed E-state index contributed by atoms with van der Waals surface area (Å²) in [6, 6.07) is 4.44. The molecule has 0 aliphatic carbocycles. The van der Waals surface area contributed by atoms with Gasteiger partial charge in [-0.3, -0.25) is 14.5 Å². The first kappa shape index (κ1) is 24.2. The molecular weight excluding hydrogens is 466 g/mol. The Morgan fingerprint density at radius 3 is 2.59 bits per heavy atom. The van der Waals surface area contributed by atoms with Crippen LogP contribution >= 0.6 is 11.8 Å². The summed E-state index contributed by atoms with van der Waals surface area (Å²) in [5, 5.41) is 45.1. The minimum atomic E-state index is -2.04. The predicted octanol–water partition coefficient (Wildman–Crippen LogP) is 0.0556. The summed E-state index contributed by atoms with van der Waals surface area (Å²) in [5.74, 6) is -4.10. The zero-order valence-corrected chi connectivity index (χ0v) is 19.2. The molecule has 0 radical (unpaired) electrons. The molecule has 1 unspecified atom stereocenters. The molecule has 3 aliphatic rings. The van der Waals surface area contributed by atoms with Crippen LogP contribution in [0.5, 0.6) is 0 Å². The van der Waals surface area contributed by atoms with Gasteiger partial charge in [0.2, 0.25) is 5.91 Å². The normalized spacial score (nSPS) is 31.2. The lowest BCUT2D eigenvalue weighted by Crippen LogP contribution is -2.77. The number of nitrogens with one attached hydrogen (secondary N) is 2. The third-order valence-electron chi connectivity index (χ3n) is 6.57. The van der Waals surface area contributed by atoms with Gasteiger partial charge in [-0.15, -0.1) is 11.8 Å². The Morgan fingerprint density at radius 2 is 1.97 bits per heavy atom. The average molecular weight is 492 g/mol. The topological polar surface area (TPSA) is 176 Å². The number of aromatic carboxylic acids is 1. The van der Waals surface area contributed by atoms with Gasteiger partial charge in [-0.25, -0.2) is 9.59 Å². The van der Waals surface area contributed by atoms with Crippen LogP contribution in [-0.2, 0) is 14.4 Å². The molecule has 2 saturated heterocycles. The fourth-order valence-electron chi connectivity index (χ4n) is 4.83. The van der Waals surface area contributed by atoms with Crippen LogP contribution in [0.1, 0.15) is 30.6 Å². The van der Waals surface area contributed by atoms with E-state index in [2.05, 4.69) is 10.6 Å². The second kappa shape index (κ2) is 8.69. The van der Waals surface area contributed by atoms with E-state index in [1.807, 2.05) is 0 Å². The first-order valence-electron chi connectivity index (χ1n) is 10.7. The Balaban J connectivity index is 1.45. The molecule has 34 heavy (non-hydrogen) atoms. The van der Waals surface area contributed by atoms with Crippen LogP contribution in [0.15, 0.2) is 34.9 Å². The summed E-state index contributed by atoms with van der Waals surface area (Å²) in [7, 11) is 0. The van der Waals surface area contributed by atoms with Gasteiger partial charge >= 0.3 is 11.9 Å². The lowest BCUT2D eigenvalue weighted by Gasteiger charge is -2.52. The number of carbonyl (C=O) groups excluding carboxylic acids is 2. The van der Waals surface area contributed by atoms with Gasteiger partial charge < -0.3 is 31.1 Å². The van der Waals surface area contributed by atoms with Gasteiger partial charge in [0.05, 0.1) is 23.8 Å². The van der Waals surface area contributed by atoms with E-state index in [0.29, 0.717) is 23.6 Å². The molecule has 3 heterocycles. The van der Waals surface area contributed by atoms with Gasteiger partial charge in [-0.1, -0.05) is 13.0 Å². The van der Waals surface area contributed by atoms with E-state index >= 15 is 0 Å². The third kappa shape index (κ3) is 3.76. The van der Waals surface area contributed by atoms with Crippen molar-refractivity contribution in [1.29, 1.82) is 0 Å². The number of aliphatic hydroxyl groups is 2. The molecule has 182 valence electrons. The van der Waals surface area contributed by atoms with E-state index in [0.717, 1.165) is 4.90 Å². The second-order valence-electron chi connectivity index (χ2n) is 8.74. The monoisotopic (exact) mass is 491 g/mol. The third-order valence-corrected chi connectivity index (χ3v) is 8.08. The Morgan fingerprint density at radius 1 is 1.26 bits per heavy atom. The highest BCUT2D eigenvalue weighted by atomic mass is 32.2. The van der Waals surface area contributed by atoms with Gasteiger partial charge in [0.1, 0.15) is 5.70 Å². The highest BCUT2D eigenvalue weighted by Gasteiger charge is 2.69. The van der Waals surface area contributed by atoms with Crippen molar-refractivity contribution < 1.29 is 39.6 Å². The molecule has 0 aromatic heterocycles. The molecule has 0 bridgehead atoms. The van der Waals surface area contributed by atoms with Crippen molar-refractivity contribution in [2.24, 2.45) is 5.92 Å². The van der Waals surface area contributed by atoms with Crippen molar-refractivity contribution in [3.05, 3.63) is 40.4 Å². The standard InChI is InChI=1S/C22H25N3O8S/c1-9-16(15(20(30)31)25-17(9)22(33,10(2)26)21(25)32)34-13-7-14(23-8-13)18(27)24-12-5-3-4-11(6-12)19(28)29/h3-6,9-10,13-14,17,23,26,33H,7-8H2,1-2H3,(H,24,27)(H,28,29)(H,30,31)/t9-,10+,13-,14-,17+,22?/m0/s1. The van der Waals surface area contributed by atoms with E-state index in [-0.39, 0.29) is 22.4 Å². The summed E-state index contributed by atoms with van der Waals surface area (Å²) in [4.78, 5) is 49.8. The summed E-state index contributed by atoms with van der Waals surface area (Å²) in [6.45, 7) is 3.40. The van der Waals surface area contributed by atoms with Crippen LogP contribution in [0.4, 0.5) is 5.69 Å². The molecule has 0 spiro atoms. The number of hydrogen-bond acceptors (Lipinski definition) is 8. The van der Waals surface area contributed by atoms with E-state index in [9.17, 15) is 34.5 Å². The summed E-state index contributed by atoms with van der Waals surface area (Å²) >= 11 is 1.25. The molecular formula is C22H25N3O8S. The smallest absolute Gasteiger partial charge is 0.353 e. The number of hydrogen-bond donors (Lipinski definition) is 6. The highest BCUT2D eigenvalue weighted by Crippen LogP contribution is 2.53. The van der Waals surface area contributed by atoms with Gasteiger partial charge in [0, 0.05) is 28.3 Å². The Hall–Kier alpha value is -2.93. The highest BCUT2D eigenvalue weighted by molar-refractivity contribution is 8.03. The van der Waals surface area contributed by atoms with E-state index in [1.165, 1.54) is 36.9 Å². The van der Waals surface area contributed by atoms with Crippen LogP contribution < -0.4 is 10.6 Å². The number of rotatable bonds is 7. The number of aliphatic hydroxyl groups excluding tert-OH is 1. The van der Waals surface area contributed by atoms with E-state index in [1.54, 1.807) is 13.0 Å². The van der Waals surface area contributed by atoms with Crippen LogP contribution in [0.2, 0.25) is 0 Å². The number of anilines is 1. The largest absolute Gasteiger partial charge is 0.478 e. The molecule has 6 atom stereocenters. The molecule has 0 saturated carbocycles.